The van der Waals surface area contributed by atoms with Gasteiger partial charge in [-0.25, -0.2) is 9.97 Å². The molecule has 1 fully saturated rings. The fourth-order valence-corrected chi connectivity index (χ4v) is 2.87. The van der Waals surface area contributed by atoms with E-state index in [1.54, 1.807) is 6.33 Å². The molecule has 0 aromatic carbocycles. The highest BCUT2D eigenvalue weighted by Crippen LogP contribution is 2.17. The molecule has 0 aliphatic heterocycles. The number of nitrogens with one attached hydrogen (secondary N) is 2. The Morgan fingerprint density at radius 3 is 2.67 bits per heavy atom. The minimum atomic E-state index is 0.721. The van der Waals surface area contributed by atoms with Crippen LogP contribution in [-0.2, 0) is 0 Å². The Morgan fingerprint density at radius 1 is 1.17 bits per heavy atom. The van der Waals surface area contributed by atoms with Gasteiger partial charge in [-0.15, -0.1) is 0 Å². The average molecular weight is 360 g/mol. The summed E-state index contributed by atoms with van der Waals surface area (Å²) in [4.78, 5) is 8.20. The zero-order valence-corrected chi connectivity index (χ0v) is 12.8. The number of anilines is 1. The summed E-state index contributed by atoms with van der Waals surface area (Å²) < 4.78 is 1.07. The van der Waals surface area contributed by atoms with E-state index in [0.29, 0.717) is 0 Å². The molecule has 100 valence electrons. The Labute approximate surface area is 123 Å². The molecule has 1 saturated carbocycles. The van der Waals surface area contributed by atoms with Gasteiger partial charge in [0.2, 0.25) is 0 Å². The Bertz CT molecular complexity index is 351. The molecule has 2 rings (SSSR count). The molecule has 1 heterocycles. The van der Waals surface area contributed by atoms with Crippen LogP contribution in [-0.4, -0.2) is 29.1 Å². The van der Waals surface area contributed by atoms with E-state index in [1.165, 1.54) is 38.5 Å². The molecule has 4 nitrogen and oxygen atoms in total. The molecule has 1 aliphatic carbocycles. The van der Waals surface area contributed by atoms with Gasteiger partial charge in [-0.1, -0.05) is 25.7 Å². The van der Waals surface area contributed by atoms with Gasteiger partial charge >= 0.3 is 0 Å². The van der Waals surface area contributed by atoms with Gasteiger partial charge in [0, 0.05) is 25.3 Å². The number of rotatable bonds is 5. The van der Waals surface area contributed by atoms with Gasteiger partial charge in [-0.2, -0.15) is 0 Å². The normalized spacial score (nSPS) is 17.4. The van der Waals surface area contributed by atoms with E-state index in [1.807, 2.05) is 6.20 Å². The van der Waals surface area contributed by atoms with E-state index in [4.69, 9.17) is 0 Å². The standard InChI is InChI=1S/C13H21IN4/c14-12-9-15-10-18-13(12)17-8-7-16-11-5-3-1-2-4-6-11/h9-11,16H,1-8H2,(H,15,17,18). The first-order valence-corrected chi connectivity index (χ1v) is 7.87. The van der Waals surface area contributed by atoms with Gasteiger partial charge in [0.05, 0.1) is 3.57 Å². The third-order valence-corrected chi connectivity index (χ3v) is 4.16. The summed E-state index contributed by atoms with van der Waals surface area (Å²) in [5, 5.41) is 6.99. The highest BCUT2D eigenvalue weighted by atomic mass is 127. The van der Waals surface area contributed by atoms with Gasteiger partial charge in [0.25, 0.3) is 0 Å². The van der Waals surface area contributed by atoms with Gasteiger partial charge in [-0.3, -0.25) is 0 Å². The molecule has 0 bridgehead atoms. The van der Waals surface area contributed by atoms with Crippen LogP contribution in [0.15, 0.2) is 12.5 Å². The fraction of sp³-hybridized carbons (Fsp3) is 0.692. The van der Waals surface area contributed by atoms with Crippen LogP contribution in [0.2, 0.25) is 0 Å². The van der Waals surface area contributed by atoms with Crippen LogP contribution < -0.4 is 10.6 Å². The second kappa shape index (κ2) is 7.89. The van der Waals surface area contributed by atoms with Crippen LogP contribution in [0.5, 0.6) is 0 Å². The molecule has 1 aromatic rings. The van der Waals surface area contributed by atoms with Crippen molar-refractivity contribution < 1.29 is 0 Å². The van der Waals surface area contributed by atoms with Crippen molar-refractivity contribution in [3.8, 4) is 0 Å². The van der Waals surface area contributed by atoms with Crippen molar-refractivity contribution >= 4 is 28.4 Å². The van der Waals surface area contributed by atoms with E-state index in [2.05, 4.69) is 43.2 Å². The Balaban J connectivity index is 1.65. The van der Waals surface area contributed by atoms with Crippen molar-refractivity contribution in [2.75, 3.05) is 18.4 Å². The number of hydrogen-bond donors (Lipinski definition) is 2. The molecule has 0 atom stereocenters. The van der Waals surface area contributed by atoms with Crippen molar-refractivity contribution in [2.45, 2.75) is 44.6 Å². The molecule has 0 saturated heterocycles. The highest BCUT2D eigenvalue weighted by Gasteiger charge is 2.10. The molecular weight excluding hydrogens is 339 g/mol. The number of hydrogen-bond acceptors (Lipinski definition) is 4. The maximum absolute atomic E-state index is 4.22. The number of nitrogens with zero attached hydrogens (tertiary/aromatic N) is 2. The van der Waals surface area contributed by atoms with Crippen LogP contribution in [0.4, 0.5) is 5.82 Å². The summed E-state index contributed by atoms with van der Waals surface area (Å²) in [7, 11) is 0. The second-order valence-electron chi connectivity index (χ2n) is 4.79. The predicted molar refractivity (Wildman–Crippen MR) is 82.7 cm³/mol. The van der Waals surface area contributed by atoms with Gasteiger partial charge in [0.15, 0.2) is 0 Å². The third-order valence-electron chi connectivity index (χ3n) is 3.37. The summed E-state index contributed by atoms with van der Waals surface area (Å²) in [6.45, 7) is 1.92. The third kappa shape index (κ3) is 4.68. The minimum Gasteiger partial charge on any atom is -0.368 e. The molecule has 0 radical (unpaired) electrons. The molecule has 0 amide bonds. The van der Waals surface area contributed by atoms with Crippen molar-refractivity contribution in [2.24, 2.45) is 0 Å². The second-order valence-corrected chi connectivity index (χ2v) is 5.95. The summed E-state index contributed by atoms with van der Waals surface area (Å²) >= 11 is 2.25. The molecule has 5 heteroatoms. The Kier molecular flexibility index (Phi) is 6.13. The van der Waals surface area contributed by atoms with Crippen LogP contribution in [0.25, 0.3) is 0 Å². The van der Waals surface area contributed by atoms with Gasteiger partial charge in [0.1, 0.15) is 12.1 Å². The first-order chi connectivity index (χ1) is 8.86. The first-order valence-electron chi connectivity index (χ1n) is 6.79. The molecular formula is C13H21IN4. The van der Waals surface area contributed by atoms with Crippen LogP contribution in [0.3, 0.4) is 0 Å². The summed E-state index contributed by atoms with van der Waals surface area (Å²) in [5.41, 5.74) is 0. The van der Waals surface area contributed by atoms with Gasteiger partial charge in [-0.05, 0) is 35.4 Å². The predicted octanol–water partition coefficient (Wildman–Crippen LogP) is 2.81. The molecule has 1 aromatic heterocycles. The van der Waals surface area contributed by atoms with Crippen LogP contribution in [0.1, 0.15) is 38.5 Å². The lowest BCUT2D eigenvalue weighted by Crippen LogP contribution is -2.32. The van der Waals surface area contributed by atoms with Crippen LogP contribution in [0, 0.1) is 3.57 Å². The molecule has 1 aliphatic rings. The lowest BCUT2D eigenvalue weighted by atomic mass is 10.1. The molecule has 18 heavy (non-hydrogen) atoms. The molecule has 0 unspecified atom stereocenters. The fourth-order valence-electron chi connectivity index (χ4n) is 2.38. The van der Waals surface area contributed by atoms with Gasteiger partial charge < -0.3 is 10.6 Å². The topological polar surface area (TPSA) is 49.8 Å². The van der Waals surface area contributed by atoms with E-state index in [-0.39, 0.29) is 0 Å². The Hall–Kier alpha value is -0.430. The number of halogens is 1. The van der Waals surface area contributed by atoms with Crippen molar-refractivity contribution in [1.29, 1.82) is 0 Å². The first kappa shape index (κ1) is 14.0. The maximum Gasteiger partial charge on any atom is 0.142 e. The van der Waals surface area contributed by atoms with Crippen LogP contribution >= 0.6 is 22.6 Å². The zero-order valence-electron chi connectivity index (χ0n) is 10.7. The monoisotopic (exact) mass is 360 g/mol. The van der Waals surface area contributed by atoms with E-state index >= 15 is 0 Å². The van der Waals surface area contributed by atoms with E-state index < -0.39 is 0 Å². The summed E-state index contributed by atoms with van der Waals surface area (Å²) in [6, 6.07) is 0.721. The summed E-state index contributed by atoms with van der Waals surface area (Å²) in [6.07, 6.45) is 11.7. The van der Waals surface area contributed by atoms with Crippen molar-refractivity contribution in [3.63, 3.8) is 0 Å². The largest absolute Gasteiger partial charge is 0.368 e. The van der Waals surface area contributed by atoms with Crippen molar-refractivity contribution in [1.82, 2.24) is 15.3 Å². The molecule has 2 N–H and O–H groups in total. The Morgan fingerprint density at radius 2 is 1.94 bits per heavy atom. The SMILES string of the molecule is Ic1cncnc1NCCNC1CCCCCC1. The lowest BCUT2D eigenvalue weighted by Gasteiger charge is -2.16. The smallest absolute Gasteiger partial charge is 0.142 e. The number of aromatic nitrogens is 2. The maximum atomic E-state index is 4.22. The van der Waals surface area contributed by atoms with E-state index in [9.17, 15) is 0 Å². The summed E-state index contributed by atoms with van der Waals surface area (Å²) in [5.74, 6) is 0.938. The van der Waals surface area contributed by atoms with E-state index in [0.717, 1.165) is 28.5 Å². The molecule has 0 spiro atoms. The zero-order chi connectivity index (χ0) is 12.6. The highest BCUT2D eigenvalue weighted by molar-refractivity contribution is 14.1. The van der Waals surface area contributed by atoms with Crippen molar-refractivity contribution in [3.05, 3.63) is 16.1 Å². The lowest BCUT2D eigenvalue weighted by molar-refractivity contribution is 0.468. The quantitative estimate of drug-likeness (QED) is 0.482. The average Bonchev–Trinajstić information content (AvgIpc) is 2.65. The minimum absolute atomic E-state index is 0.721.